The van der Waals surface area contributed by atoms with Gasteiger partial charge in [0.25, 0.3) is 0 Å². The number of nitrogens with two attached hydrogens (primary N) is 1. The average Bonchev–Trinajstić information content (AvgIpc) is 2.61. The van der Waals surface area contributed by atoms with Gasteiger partial charge >= 0.3 is 0 Å². The van der Waals surface area contributed by atoms with E-state index in [9.17, 15) is 0 Å². The van der Waals surface area contributed by atoms with Crippen LogP contribution >= 0.6 is 27.5 Å². The summed E-state index contributed by atoms with van der Waals surface area (Å²) in [5, 5.41) is 0.761. The molecule has 0 aromatic heterocycles. The minimum absolute atomic E-state index is 0.0243. The highest BCUT2D eigenvalue weighted by molar-refractivity contribution is 9.10. The first-order valence-electron chi connectivity index (χ1n) is 7.49. The van der Waals surface area contributed by atoms with Crippen LogP contribution in [0, 0.1) is 5.92 Å². The molecule has 1 aliphatic rings. The van der Waals surface area contributed by atoms with Gasteiger partial charge in [-0.2, -0.15) is 0 Å². The lowest BCUT2D eigenvalue weighted by atomic mass is 10.0. The summed E-state index contributed by atoms with van der Waals surface area (Å²) in [5.41, 5.74) is 7.36. The van der Waals surface area contributed by atoms with Crippen molar-refractivity contribution in [3.05, 3.63) is 33.3 Å². The van der Waals surface area contributed by atoms with Crippen molar-refractivity contribution in [3.63, 3.8) is 0 Å². The minimum Gasteiger partial charge on any atom is -0.324 e. The van der Waals surface area contributed by atoms with E-state index < -0.39 is 0 Å². The molecule has 0 bridgehead atoms. The number of benzene rings is 1. The van der Waals surface area contributed by atoms with Crippen LogP contribution in [-0.4, -0.2) is 24.5 Å². The van der Waals surface area contributed by atoms with Crippen LogP contribution in [0.15, 0.2) is 22.7 Å². The van der Waals surface area contributed by atoms with Crippen molar-refractivity contribution in [1.29, 1.82) is 0 Å². The maximum absolute atomic E-state index is 6.30. The van der Waals surface area contributed by atoms with Crippen LogP contribution < -0.4 is 5.73 Å². The van der Waals surface area contributed by atoms with Crippen LogP contribution in [0.3, 0.4) is 0 Å². The summed E-state index contributed by atoms with van der Waals surface area (Å²) in [6.07, 6.45) is 4.96. The predicted octanol–water partition coefficient (Wildman–Crippen LogP) is 4.61. The number of likely N-dealkylation sites (tertiary alicyclic amines) is 1. The molecule has 2 N–H and O–H groups in total. The molecule has 2 unspecified atom stereocenters. The van der Waals surface area contributed by atoms with Gasteiger partial charge in [-0.3, -0.25) is 0 Å². The van der Waals surface area contributed by atoms with E-state index in [1.165, 1.54) is 32.4 Å². The molecule has 1 saturated heterocycles. The summed E-state index contributed by atoms with van der Waals surface area (Å²) < 4.78 is 1.000. The van der Waals surface area contributed by atoms with E-state index in [4.69, 9.17) is 17.3 Å². The molecule has 0 spiro atoms. The molecular formula is C16H24BrClN2. The molecular weight excluding hydrogens is 336 g/mol. The summed E-state index contributed by atoms with van der Waals surface area (Å²) in [7, 11) is 0. The first-order valence-corrected chi connectivity index (χ1v) is 8.66. The summed E-state index contributed by atoms with van der Waals surface area (Å²) >= 11 is 9.70. The van der Waals surface area contributed by atoms with Gasteiger partial charge in [-0.15, -0.1) is 0 Å². The van der Waals surface area contributed by atoms with E-state index in [0.29, 0.717) is 0 Å². The third-order valence-electron chi connectivity index (χ3n) is 4.23. The van der Waals surface area contributed by atoms with E-state index in [2.05, 4.69) is 27.8 Å². The van der Waals surface area contributed by atoms with Crippen LogP contribution in [0.25, 0.3) is 0 Å². The van der Waals surface area contributed by atoms with Crippen LogP contribution in [0.2, 0.25) is 5.02 Å². The lowest BCUT2D eigenvalue weighted by molar-refractivity contribution is 0.270. The van der Waals surface area contributed by atoms with Crippen LogP contribution in [0.4, 0.5) is 0 Å². The molecule has 0 radical (unpaired) electrons. The topological polar surface area (TPSA) is 29.3 Å². The zero-order valence-corrected chi connectivity index (χ0v) is 14.5. The van der Waals surface area contributed by atoms with Crippen LogP contribution in [0.5, 0.6) is 0 Å². The maximum Gasteiger partial charge on any atom is 0.0464 e. The number of halogens is 2. The molecule has 112 valence electrons. The Morgan fingerprint density at radius 1 is 1.40 bits per heavy atom. The third-order valence-corrected chi connectivity index (χ3v) is 5.05. The molecule has 1 fully saturated rings. The van der Waals surface area contributed by atoms with Crippen molar-refractivity contribution >= 4 is 27.5 Å². The first kappa shape index (κ1) is 16.3. The maximum atomic E-state index is 6.30. The van der Waals surface area contributed by atoms with Crippen LogP contribution in [-0.2, 0) is 0 Å². The van der Waals surface area contributed by atoms with E-state index in [1.807, 2.05) is 18.2 Å². The van der Waals surface area contributed by atoms with Gasteiger partial charge in [0, 0.05) is 15.5 Å². The van der Waals surface area contributed by atoms with Crippen molar-refractivity contribution < 1.29 is 0 Å². The monoisotopic (exact) mass is 358 g/mol. The molecule has 2 rings (SSSR count). The molecule has 0 saturated carbocycles. The van der Waals surface area contributed by atoms with Gasteiger partial charge in [0.1, 0.15) is 0 Å². The Bertz CT molecular complexity index is 438. The molecule has 0 aliphatic carbocycles. The van der Waals surface area contributed by atoms with E-state index >= 15 is 0 Å². The Labute approximate surface area is 135 Å². The zero-order chi connectivity index (χ0) is 14.5. The summed E-state index contributed by atoms with van der Waals surface area (Å²) in [5.74, 6) is 0.870. The second-order valence-corrected chi connectivity index (χ2v) is 7.26. The summed E-state index contributed by atoms with van der Waals surface area (Å²) in [4.78, 5) is 2.55. The molecule has 1 aromatic rings. The Balaban J connectivity index is 1.86. The third kappa shape index (κ3) is 4.73. The highest BCUT2D eigenvalue weighted by Gasteiger charge is 2.16. The zero-order valence-electron chi connectivity index (χ0n) is 12.1. The predicted molar refractivity (Wildman–Crippen MR) is 90.2 cm³/mol. The molecule has 2 atom stereocenters. The fraction of sp³-hybridized carbons (Fsp3) is 0.625. The molecule has 2 nitrogen and oxygen atoms in total. The molecule has 1 heterocycles. The van der Waals surface area contributed by atoms with Gasteiger partial charge in [-0.05, 0) is 68.9 Å². The quantitative estimate of drug-likeness (QED) is 0.850. The van der Waals surface area contributed by atoms with Gasteiger partial charge in [0.15, 0.2) is 0 Å². The van der Waals surface area contributed by atoms with Crippen molar-refractivity contribution in [2.45, 2.75) is 38.6 Å². The van der Waals surface area contributed by atoms with Gasteiger partial charge < -0.3 is 10.6 Å². The second kappa shape index (κ2) is 7.79. The number of rotatable bonds is 4. The molecule has 20 heavy (non-hydrogen) atoms. The fourth-order valence-electron chi connectivity index (χ4n) is 2.83. The van der Waals surface area contributed by atoms with Crippen LogP contribution in [0.1, 0.15) is 44.2 Å². The second-order valence-electron chi connectivity index (χ2n) is 5.94. The summed E-state index contributed by atoms with van der Waals surface area (Å²) in [6.45, 7) is 5.85. The lowest BCUT2D eigenvalue weighted by Gasteiger charge is -2.22. The highest BCUT2D eigenvalue weighted by atomic mass is 79.9. The Morgan fingerprint density at radius 3 is 2.95 bits per heavy atom. The number of nitrogens with zero attached hydrogens (tertiary/aromatic N) is 1. The Morgan fingerprint density at radius 2 is 2.20 bits per heavy atom. The number of hydrogen-bond donors (Lipinski definition) is 1. The smallest absolute Gasteiger partial charge is 0.0464 e. The van der Waals surface area contributed by atoms with Gasteiger partial charge in [-0.25, -0.2) is 0 Å². The van der Waals surface area contributed by atoms with E-state index in [1.54, 1.807) is 0 Å². The average molecular weight is 360 g/mol. The largest absolute Gasteiger partial charge is 0.324 e. The van der Waals surface area contributed by atoms with Crippen molar-refractivity contribution in [2.24, 2.45) is 11.7 Å². The van der Waals surface area contributed by atoms with Gasteiger partial charge in [0.2, 0.25) is 0 Å². The van der Waals surface area contributed by atoms with Crippen molar-refractivity contribution in [3.8, 4) is 0 Å². The molecule has 4 heteroatoms. The van der Waals surface area contributed by atoms with E-state index in [0.717, 1.165) is 33.9 Å². The molecule has 1 aromatic carbocycles. The highest BCUT2D eigenvalue weighted by Crippen LogP contribution is 2.27. The van der Waals surface area contributed by atoms with Gasteiger partial charge in [0.05, 0.1) is 0 Å². The number of hydrogen-bond acceptors (Lipinski definition) is 2. The lowest BCUT2D eigenvalue weighted by Crippen LogP contribution is -2.28. The van der Waals surface area contributed by atoms with Gasteiger partial charge in [-0.1, -0.05) is 40.5 Å². The van der Waals surface area contributed by atoms with Crippen molar-refractivity contribution in [1.82, 2.24) is 4.90 Å². The molecule has 1 aliphatic heterocycles. The Kier molecular flexibility index (Phi) is 6.34. The fourth-order valence-corrected chi connectivity index (χ4v) is 3.64. The van der Waals surface area contributed by atoms with Crippen molar-refractivity contribution in [2.75, 3.05) is 19.6 Å². The Hall–Kier alpha value is -0.0900. The standard InChI is InChI=1S/C16H24BrClN2/c1-12-3-2-8-20(9-6-12)10-7-16(19)14-5-4-13(17)11-15(14)18/h4-5,11-12,16H,2-3,6-10,19H2,1H3. The van der Waals surface area contributed by atoms with E-state index in [-0.39, 0.29) is 6.04 Å². The minimum atomic E-state index is 0.0243. The molecule has 0 amide bonds. The summed E-state index contributed by atoms with van der Waals surface area (Å²) in [6, 6.07) is 5.98. The normalized spacial score (nSPS) is 22.5. The SMILES string of the molecule is CC1CCCN(CCC(N)c2ccc(Br)cc2Cl)CC1. The first-order chi connectivity index (χ1) is 9.56.